The van der Waals surface area contributed by atoms with Gasteiger partial charge in [0.1, 0.15) is 0 Å². The maximum atomic E-state index is 11.8. The van der Waals surface area contributed by atoms with Gasteiger partial charge in [-0.25, -0.2) is 4.79 Å². The number of nitrogens with two attached hydrogens (primary N) is 1. The first-order valence-electron chi connectivity index (χ1n) is 6.61. The second kappa shape index (κ2) is 6.63. The molecule has 0 spiro atoms. The summed E-state index contributed by atoms with van der Waals surface area (Å²) in [5.74, 6) is -0.358. The maximum Gasteiger partial charge on any atom is 0.338 e. The molecule has 0 radical (unpaired) electrons. The van der Waals surface area contributed by atoms with Gasteiger partial charge in [-0.3, -0.25) is 0 Å². The van der Waals surface area contributed by atoms with Gasteiger partial charge in [-0.15, -0.1) is 0 Å². The SMILES string of the molecule is CCOC(=O)c1ccc(N)c(Nc2ccc(C)cc2Br)c1. The monoisotopic (exact) mass is 348 g/mol. The molecule has 0 saturated carbocycles. The number of nitrogens with one attached hydrogen (secondary N) is 1. The molecular weight excluding hydrogens is 332 g/mol. The highest BCUT2D eigenvalue weighted by Crippen LogP contribution is 2.30. The van der Waals surface area contributed by atoms with Gasteiger partial charge in [0.05, 0.1) is 29.2 Å². The number of rotatable bonds is 4. The molecule has 2 rings (SSSR count). The maximum absolute atomic E-state index is 11.8. The van der Waals surface area contributed by atoms with Crippen molar-refractivity contribution in [3.8, 4) is 0 Å². The van der Waals surface area contributed by atoms with E-state index in [1.807, 2.05) is 25.1 Å². The van der Waals surface area contributed by atoms with Gasteiger partial charge in [-0.1, -0.05) is 6.07 Å². The fraction of sp³-hybridized carbons (Fsp3) is 0.188. The number of carbonyl (C=O) groups is 1. The molecule has 0 saturated heterocycles. The fourth-order valence-electron chi connectivity index (χ4n) is 1.87. The zero-order valence-electron chi connectivity index (χ0n) is 11.9. The zero-order chi connectivity index (χ0) is 15.4. The summed E-state index contributed by atoms with van der Waals surface area (Å²) in [7, 11) is 0. The lowest BCUT2D eigenvalue weighted by Gasteiger charge is -2.13. The van der Waals surface area contributed by atoms with E-state index in [1.165, 1.54) is 0 Å². The lowest BCUT2D eigenvalue weighted by molar-refractivity contribution is 0.0526. The Morgan fingerprint density at radius 2 is 2.00 bits per heavy atom. The predicted molar refractivity (Wildman–Crippen MR) is 89.0 cm³/mol. The van der Waals surface area contributed by atoms with E-state index >= 15 is 0 Å². The van der Waals surface area contributed by atoms with Gasteiger partial charge in [-0.2, -0.15) is 0 Å². The van der Waals surface area contributed by atoms with E-state index in [1.54, 1.807) is 25.1 Å². The third-order valence-electron chi connectivity index (χ3n) is 2.96. The lowest BCUT2D eigenvalue weighted by atomic mass is 10.1. The smallest absolute Gasteiger partial charge is 0.338 e. The normalized spacial score (nSPS) is 10.2. The summed E-state index contributed by atoms with van der Waals surface area (Å²) >= 11 is 3.51. The lowest BCUT2D eigenvalue weighted by Crippen LogP contribution is -2.06. The Bertz CT molecular complexity index is 671. The molecule has 4 nitrogen and oxygen atoms in total. The van der Waals surface area contributed by atoms with Gasteiger partial charge < -0.3 is 15.8 Å². The largest absolute Gasteiger partial charge is 0.462 e. The predicted octanol–water partition coefficient (Wildman–Crippen LogP) is 4.26. The van der Waals surface area contributed by atoms with Crippen molar-refractivity contribution in [3.05, 3.63) is 52.0 Å². The highest BCUT2D eigenvalue weighted by molar-refractivity contribution is 9.10. The summed E-state index contributed by atoms with van der Waals surface area (Å²) in [6, 6.07) is 11.0. The summed E-state index contributed by atoms with van der Waals surface area (Å²) < 4.78 is 5.93. The van der Waals surface area contributed by atoms with Crippen LogP contribution >= 0.6 is 15.9 Å². The molecule has 0 amide bonds. The molecule has 110 valence electrons. The van der Waals surface area contributed by atoms with Gasteiger partial charge in [0.25, 0.3) is 0 Å². The molecular formula is C16H17BrN2O2. The van der Waals surface area contributed by atoms with Crippen LogP contribution in [0.3, 0.4) is 0 Å². The van der Waals surface area contributed by atoms with Crippen LogP contribution in [-0.4, -0.2) is 12.6 Å². The van der Waals surface area contributed by atoms with Crippen molar-refractivity contribution in [1.29, 1.82) is 0 Å². The number of carbonyl (C=O) groups excluding carboxylic acids is 1. The van der Waals surface area contributed by atoms with Crippen molar-refractivity contribution in [2.75, 3.05) is 17.7 Å². The third kappa shape index (κ3) is 3.76. The molecule has 0 aliphatic heterocycles. The average Bonchev–Trinajstić information content (AvgIpc) is 2.44. The van der Waals surface area contributed by atoms with Crippen LogP contribution in [0.1, 0.15) is 22.8 Å². The first-order chi connectivity index (χ1) is 10.0. The topological polar surface area (TPSA) is 64.3 Å². The Morgan fingerprint density at radius 1 is 1.24 bits per heavy atom. The van der Waals surface area contributed by atoms with Crippen LogP contribution in [-0.2, 0) is 4.74 Å². The highest BCUT2D eigenvalue weighted by Gasteiger charge is 2.10. The average molecular weight is 349 g/mol. The molecule has 0 aliphatic carbocycles. The number of hydrogen-bond acceptors (Lipinski definition) is 4. The van der Waals surface area contributed by atoms with Crippen LogP contribution < -0.4 is 11.1 Å². The first-order valence-corrected chi connectivity index (χ1v) is 7.40. The van der Waals surface area contributed by atoms with Crippen molar-refractivity contribution in [3.63, 3.8) is 0 Å². The van der Waals surface area contributed by atoms with Crippen molar-refractivity contribution in [1.82, 2.24) is 0 Å². The number of benzene rings is 2. The third-order valence-corrected chi connectivity index (χ3v) is 3.61. The van der Waals surface area contributed by atoms with Crippen LogP contribution in [0.2, 0.25) is 0 Å². The summed E-state index contributed by atoms with van der Waals surface area (Å²) in [5, 5.41) is 3.23. The fourth-order valence-corrected chi connectivity index (χ4v) is 2.46. The zero-order valence-corrected chi connectivity index (χ0v) is 13.5. The van der Waals surface area contributed by atoms with Crippen LogP contribution in [0.15, 0.2) is 40.9 Å². The Morgan fingerprint density at radius 3 is 2.67 bits per heavy atom. The van der Waals surface area contributed by atoms with Crippen molar-refractivity contribution in [2.45, 2.75) is 13.8 Å². The molecule has 21 heavy (non-hydrogen) atoms. The van der Waals surface area contributed by atoms with Gasteiger partial charge in [0, 0.05) is 4.47 Å². The van der Waals surface area contributed by atoms with E-state index in [-0.39, 0.29) is 5.97 Å². The van der Waals surface area contributed by atoms with E-state index in [4.69, 9.17) is 10.5 Å². The molecule has 0 unspecified atom stereocenters. The van der Waals surface area contributed by atoms with E-state index in [2.05, 4.69) is 21.2 Å². The number of nitrogen functional groups attached to an aromatic ring is 1. The summed E-state index contributed by atoms with van der Waals surface area (Å²) in [6.45, 7) is 4.14. The van der Waals surface area contributed by atoms with Gasteiger partial charge >= 0.3 is 5.97 Å². The quantitative estimate of drug-likeness (QED) is 0.639. The molecule has 0 bridgehead atoms. The second-order valence-electron chi connectivity index (χ2n) is 4.63. The summed E-state index contributed by atoms with van der Waals surface area (Å²) in [4.78, 5) is 11.8. The van der Waals surface area contributed by atoms with Crippen molar-refractivity contribution in [2.24, 2.45) is 0 Å². The van der Waals surface area contributed by atoms with Gasteiger partial charge in [-0.05, 0) is 65.7 Å². The van der Waals surface area contributed by atoms with Crippen molar-refractivity contribution < 1.29 is 9.53 Å². The standard InChI is InChI=1S/C16H17BrN2O2/c1-3-21-16(20)11-5-6-13(18)15(9-11)19-14-7-4-10(2)8-12(14)17/h4-9,19H,3,18H2,1-2H3. The number of esters is 1. The Balaban J connectivity index is 2.30. The van der Waals surface area contributed by atoms with Crippen molar-refractivity contribution >= 4 is 39.0 Å². The number of hydrogen-bond donors (Lipinski definition) is 2. The molecule has 2 aromatic carbocycles. The van der Waals surface area contributed by atoms with Crippen LogP contribution in [0.5, 0.6) is 0 Å². The van der Waals surface area contributed by atoms with Crippen LogP contribution in [0, 0.1) is 6.92 Å². The number of ether oxygens (including phenoxy) is 1. The minimum absolute atomic E-state index is 0.343. The van der Waals surface area contributed by atoms with Crippen LogP contribution in [0.25, 0.3) is 0 Å². The molecule has 0 aliphatic rings. The van der Waals surface area contributed by atoms with E-state index < -0.39 is 0 Å². The van der Waals surface area contributed by atoms with E-state index in [0.717, 1.165) is 15.7 Å². The number of anilines is 3. The molecule has 0 fully saturated rings. The molecule has 0 aromatic heterocycles. The number of aryl methyl sites for hydroxylation is 1. The second-order valence-corrected chi connectivity index (χ2v) is 5.49. The summed E-state index contributed by atoms with van der Waals surface area (Å²) in [6.07, 6.45) is 0. The molecule has 3 N–H and O–H groups in total. The molecule has 0 heterocycles. The van der Waals surface area contributed by atoms with E-state index in [9.17, 15) is 4.79 Å². The Kier molecular flexibility index (Phi) is 4.85. The highest BCUT2D eigenvalue weighted by atomic mass is 79.9. The molecule has 2 aromatic rings. The molecule has 5 heteroatoms. The minimum atomic E-state index is -0.358. The summed E-state index contributed by atoms with van der Waals surface area (Å²) in [5.41, 5.74) is 9.70. The van der Waals surface area contributed by atoms with E-state index in [0.29, 0.717) is 23.5 Å². The molecule has 0 atom stereocenters. The Hall–Kier alpha value is -2.01. The van der Waals surface area contributed by atoms with Gasteiger partial charge in [0.15, 0.2) is 0 Å². The first kappa shape index (κ1) is 15.4. The Labute approximate surface area is 132 Å². The van der Waals surface area contributed by atoms with Crippen LogP contribution in [0.4, 0.5) is 17.1 Å². The number of halogens is 1. The minimum Gasteiger partial charge on any atom is -0.462 e. The van der Waals surface area contributed by atoms with Gasteiger partial charge in [0.2, 0.25) is 0 Å².